The van der Waals surface area contributed by atoms with Gasteiger partial charge in [0.15, 0.2) is 0 Å². The monoisotopic (exact) mass is 376 g/mol. The van der Waals surface area contributed by atoms with Crippen molar-refractivity contribution in [1.29, 1.82) is 0 Å². The van der Waals surface area contributed by atoms with Gasteiger partial charge in [-0.05, 0) is 83.3 Å². The normalized spacial score (nSPS) is 46.4. The van der Waals surface area contributed by atoms with Crippen LogP contribution in [0.1, 0.15) is 61.3 Å². The van der Waals surface area contributed by atoms with Crippen molar-refractivity contribution in [3.63, 3.8) is 0 Å². The maximum Gasteiger partial charge on any atom is 0.0204 e. The molecule has 4 rings (SSSR count). The second-order valence-corrected chi connectivity index (χ2v) is 13.1. The minimum atomic E-state index is 0.447. The standard InChI is InChI=1S/C23H36S2/c1-12(2)16-8-13(3)19(11-16)23(6,7)20-21-17(9-14(4)24-21)18-10-15(5)25-22(18)20/h9-10,12-13,16-22H,8,11H2,1-7H3/t13?,16-,17-,18+,19?,20?,21?,22?/m1/s1. The van der Waals surface area contributed by atoms with Crippen LogP contribution in [0.5, 0.6) is 0 Å². The van der Waals surface area contributed by atoms with E-state index in [0.29, 0.717) is 5.41 Å². The molecule has 0 aromatic carbocycles. The molecule has 0 N–H and O–H groups in total. The van der Waals surface area contributed by atoms with E-state index in [1.807, 2.05) is 0 Å². The second kappa shape index (κ2) is 6.36. The molecule has 2 fully saturated rings. The van der Waals surface area contributed by atoms with Crippen molar-refractivity contribution in [3.05, 3.63) is 22.0 Å². The Hall–Kier alpha value is 0.180. The van der Waals surface area contributed by atoms with Gasteiger partial charge in [0.25, 0.3) is 0 Å². The summed E-state index contributed by atoms with van der Waals surface area (Å²) in [4.78, 5) is 3.16. The lowest BCUT2D eigenvalue weighted by Crippen LogP contribution is -2.41. The zero-order valence-corrected chi connectivity index (χ0v) is 18.7. The minimum Gasteiger partial charge on any atom is -0.127 e. The van der Waals surface area contributed by atoms with Gasteiger partial charge in [-0.2, -0.15) is 0 Å². The SMILES string of the molecule is CC1=C[C@@H]2C(S1)C(C(C)(C)C1C[C@H](C(C)C)CC1C)C1SC(C)=C[C@@H]12. The van der Waals surface area contributed by atoms with Gasteiger partial charge in [-0.3, -0.25) is 0 Å². The first-order valence-electron chi connectivity index (χ1n) is 10.4. The molecule has 0 aromatic heterocycles. The molecular weight excluding hydrogens is 340 g/mol. The second-order valence-electron chi connectivity index (χ2n) is 10.3. The van der Waals surface area contributed by atoms with E-state index in [4.69, 9.17) is 0 Å². The molecule has 2 aliphatic heterocycles. The Morgan fingerprint density at radius 1 is 0.960 bits per heavy atom. The number of thioether (sulfide) groups is 2. The molecule has 4 aliphatic rings. The molecule has 8 atom stereocenters. The van der Waals surface area contributed by atoms with Gasteiger partial charge in [-0.1, -0.05) is 46.8 Å². The predicted octanol–water partition coefficient (Wildman–Crippen LogP) is 7.23. The predicted molar refractivity (Wildman–Crippen MR) is 115 cm³/mol. The minimum absolute atomic E-state index is 0.447. The fourth-order valence-corrected chi connectivity index (χ4v) is 10.4. The van der Waals surface area contributed by atoms with Crippen molar-refractivity contribution in [1.82, 2.24) is 0 Å². The zero-order valence-electron chi connectivity index (χ0n) is 17.1. The van der Waals surface area contributed by atoms with Crippen molar-refractivity contribution in [2.45, 2.75) is 71.8 Å². The Bertz CT molecular complexity index is 567. The molecular formula is C23H36S2. The topological polar surface area (TPSA) is 0 Å². The third kappa shape index (κ3) is 2.89. The van der Waals surface area contributed by atoms with E-state index < -0.39 is 0 Å². The quantitative estimate of drug-likeness (QED) is 0.509. The molecule has 0 radical (unpaired) electrons. The number of hydrogen-bond acceptors (Lipinski definition) is 2. The lowest BCUT2D eigenvalue weighted by molar-refractivity contribution is 0.0936. The highest BCUT2D eigenvalue weighted by Crippen LogP contribution is 2.66. The van der Waals surface area contributed by atoms with Gasteiger partial charge in [-0.15, -0.1) is 23.5 Å². The van der Waals surface area contributed by atoms with E-state index in [-0.39, 0.29) is 0 Å². The summed E-state index contributed by atoms with van der Waals surface area (Å²) in [5, 5.41) is 1.65. The number of allylic oxidation sites excluding steroid dienone is 4. The molecule has 5 unspecified atom stereocenters. The Kier molecular flexibility index (Phi) is 4.72. The van der Waals surface area contributed by atoms with Crippen molar-refractivity contribution < 1.29 is 0 Å². The van der Waals surface area contributed by atoms with Crippen LogP contribution in [0.2, 0.25) is 0 Å². The first kappa shape index (κ1) is 18.5. The number of fused-ring (bicyclic) bond motifs is 3. The first-order chi connectivity index (χ1) is 11.7. The smallest absolute Gasteiger partial charge is 0.0204 e. The van der Waals surface area contributed by atoms with Crippen LogP contribution in [-0.2, 0) is 0 Å². The van der Waals surface area contributed by atoms with Gasteiger partial charge in [-0.25, -0.2) is 0 Å². The largest absolute Gasteiger partial charge is 0.127 e. The molecule has 0 saturated heterocycles. The Morgan fingerprint density at radius 3 is 1.92 bits per heavy atom. The van der Waals surface area contributed by atoms with Crippen LogP contribution < -0.4 is 0 Å². The average Bonchev–Trinajstić information content (AvgIpc) is 3.20. The average molecular weight is 377 g/mol. The summed E-state index contributed by atoms with van der Waals surface area (Å²) in [6.07, 6.45) is 8.16. The zero-order chi connectivity index (χ0) is 18.1. The fraction of sp³-hybridized carbons (Fsp3) is 0.826. The number of hydrogen-bond donors (Lipinski definition) is 0. The van der Waals surface area contributed by atoms with Crippen LogP contribution in [0.4, 0.5) is 0 Å². The number of rotatable bonds is 3. The van der Waals surface area contributed by atoms with Crippen LogP contribution in [0.25, 0.3) is 0 Å². The van der Waals surface area contributed by atoms with Crippen LogP contribution in [-0.4, -0.2) is 10.5 Å². The lowest BCUT2D eigenvalue weighted by atomic mass is 9.64. The fourth-order valence-electron chi connectivity index (χ4n) is 6.84. The molecule has 0 amide bonds. The van der Waals surface area contributed by atoms with E-state index in [9.17, 15) is 0 Å². The van der Waals surface area contributed by atoms with Gasteiger partial charge >= 0.3 is 0 Å². The molecule has 0 bridgehead atoms. The summed E-state index contributed by atoms with van der Waals surface area (Å²) in [5.41, 5.74) is 0.447. The van der Waals surface area contributed by atoms with Crippen LogP contribution >= 0.6 is 23.5 Å². The molecule has 0 spiro atoms. The van der Waals surface area contributed by atoms with Crippen LogP contribution in [0.15, 0.2) is 22.0 Å². The molecule has 2 heterocycles. The van der Waals surface area contributed by atoms with Gasteiger partial charge in [0.2, 0.25) is 0 Å². The highest BCUT2D eigenvalue weighted by molar-refractivity contribution is 8.05. The molecule has 25 heavy (non-hydrogen) atoms. The molecule has 2 saturated carbocycles. The van der Waals surface area contributed by atoms with Gasteiger partial charge < -0.3 is 0 Å². The van der Waals surface area contributed by atoms with Crippen molar-refractivity contribution >= 4 is 23.5 Å². The third-order valence-electron chi connectivity index (χ3n) is 8.09. The summed E-state index contributed by atoms with van der Waals surface area (Å²) in [6, 6.07) is 0. The van der Waals surface area contributed by atoms with Gasteiger partial charge in [0, 0.05) is 10.5 Å². The van der Waals surface area contributed by atoms with E-state index in [1.54, 1.807) is 9.81 Å². The van der Waals surface area contributed by atoms with Crippen LogP contribution in [0, 0.1) is 46.8 Å². The molecule has 0 aromatic rings. The third-order valence-corrected chi connectivity index (χ3v) is 10.9. The summed E-state index contributed by atoms with van der Waals surface area (Å²) in [6.45, 7) is 17.4. The maximum atomic E-state index is 2.64. The maximum absolute atomic E-state index is 2.64. The van der Waals surface area contributed by atoms with Crippen molar-refractivity contribution in [3.8, 4) is 0 Å². The highest BCUT2D eigenvalue weighted by atomic mass is 32.2. The molecule has 2 heteroatoms. The summed E-state index contributed by atoms with van der Waals surface area (Å²) in [7, 11) is 0. The van der Waals surface area contributed by atoms with E-state index in [0.717, 1.165) is 51.9 Å². The summed E-state index contributed by atoms with van der Waals surface area (Å²) < 4.78 is 0. The first-order valence-corrected chi connectivity index (χ1v) is 12.2. The molecule has 0 nitrogen and oxygen atoms in total. The van der Waals surface area contributed by atoms with Crippen LogP contribution in [0.3, 0.4) is 0 Å². The Balaban J connectivity index is 1.64. The Morgan fingerprint density at radius 2 is 1.48 bits per heavy atom. The molecule has 2 aliphatic carbocycles. The Labute approximate surface area is 164 Å². The summed E-state index contributed by atoms with van der Waals surface area (Å²) in [5.74, 6) is 6.01. The van der Waals surface area contributed by atoms with Crippen molar-refractivity contribution in [2.75, 3.05) is 0 Å². The molecule has 140 valence electrons. The van der Waals surface area contributed by atoms with Gasteiger partial charge in [0.05, 0.1) is 0 Å². The van der Waals surface area contributed by atoms with Crippen molar-refractivity contribution in [2.24, 2.45) is 46.8 Å². The van der Waals surface area contributed by atoms with E-state index >= 15 is 0 Å². The van der Waals surface area contributed by atoms with Gasteiger partial charge in [0.1, 0.15) is 0 Å². The van der Waals surface area contributed by atoms with E-state index in [1.165, 1.54) is 12.8 Å². The lowest BCUT2D eigenvalue weighted by Gasteiger charge is -2.45. The summed E-state index contributed by atoms with van der Waals surface area (Å²) >= 11 is 4.43. The van der Waals surface area contributed by atoms with E-state index in [2.05, 4.69) is 84.1 Å². The highest BCUT2D eigenvalue weighted by Gasteiger charge is 2.60.